The topological polar surface area (TPSA) is 84.2 Å². The van der Waals surface area contributed by atoms with Crippen molar-refractivity contribution in [2.45, 2.75) is 12.7 Å². The van der Waals surface area contributed by atoms with Crippen molar-refractivity contribution in [2.24, 2.45) is 0 Å². The number of rotatable bonds is 4. The number of carbonyl (C=O) groups is 2. The van der Waals surface area contributed by atoms with Crippen LogP contribution < -0.4 is 5.32 Å². The Balaban J connectivity index is 2.34. The molecule has 0 saturated carbocycles. The van der Waals surface area contributed by atoms with Gasteiger partial charge in [-0.1, -0.05) is 23.7 Å². The fourth-order valence-corrected chi connectivity index (χ4v) is 1.86. The number of alkyl halides is 3. The number of amides is 1. The molecule has 0 spiro atoms. The summed E-state index contributed by atoms with van der Waals surface area (Å²) in [7, 11) is 0. The predicted octanol–water partition coefficient (Wildman–Crippen LogP) is 2.78. The molecule has 0 aliphatic heterocycles. The molecular weight excluding hydrogens is 339 g/mol. The van der Waals surface area contributed by atoms with Gasteiger partial charge in [0, 0.05) is 5.02 Å². The Morgan fingerprint density at radius 3 is 2.39 bits per heavy atom. The van der Waals surface area contributed by atoms with Crippen molar-refractivity contribution in [3.8, 4) is 0 Å². The molecule has 1 aromatic heterocycles. The Morgan fingerprint density at radius 1 is 1.26 bits per heavy atom. The number of halogens is 4. The first-order chi connectivity index (χ1) is 10.7. The lowest BCUT2D eigenvalue weighted by atomic mass is 10.2. The summed E-state index contributed by atoms with van der Waals surface area (Å²) in [4.78, 5) is 22.1. The van der Waals surface area contributed by atoms with Gasteiger partial charge in [0.15, 0.2) is 0 Å². The molecule has 122 valence electrons. The average Bonchev–Trinajstić information content (AvgIpc) is 2.83. The summed E-state index contributed by atoms with van der Waals surface area (Å²) in [5, 5.41) is 14.7. The third-order valence-corrected chi connectivity index (χ3v) is 3.06. The van der Waals surface area contributed by atoms with Crippen LogP contribution in [0, 0.1) is 0 Å². The molecule has 1 amide bonds. The molecule has 0 saturated heterocycles. The third-order valence-electron chi connectivity index (χ3n) is 2.80. The first-order valence-electron chi connectivity index (χ1n) is 6.10. The number of nitrogens with zero attached hydrogens (tertiary/aromatic N) is 2. The smallest absolute Gasteiger partial charge is 0.471 e. The van der Waals surface area contributed by atoms with Crippen LogP contribution in [-0.2, 0) is 11.3 Å². The Morgan fingerprint density at radius 2 is 1.87 bits per heavy atom. The number of carboxylic acids is 1. The van der Waals surface area contributed by atoms with Gasteiger partial charge in [0.05, 0.1) is 12.7 Å². The monoisotopic (exact) mass is 347 g/mol. The summed E-state index contributed by atoms with van der Waals surface area (Å²) in [6, 6.07) is 6.32. The predicted molar refractivity (Wildman–Crippen MR) is 74.4 cm³/mol. The SMILES string of the molecule is O=C(O)c1cnn(Cc2ccc(Cl)cc2)c1NC(=O)C(F)(F)F. The maximum absolute atomic E-state index is 12.4. The summed E-state index contributed by atoms with van der Waals surface area (Å²) in [5.41, 5.74) is 0.0634. The van der Waals surface area contributed by atoms with E-state index in [1.165, 1.54) is 0 Å². The van der Waals surface area contributed by atoms with Crippen LogP contribution >= 0.6 is 11.6 Å². The summed E-state index contributed by atoms with van der Waals surface area (Å²) in [5.74, 6) is -4.34. The fraction of sp³-hybridized carbons (Fsp3) is 0.154. The van der Waals surface area contributed by atoms with Gasteiger partial charge in [0.25, 0.3) is 0 Å². The zero-order chi connectivity index (χ0) is 17.2. The number of benzene rings is 1. The fourth-order valence-electron chi connectivity index (χ4n) is 1.73. The molecule has 0 bridgehead atoms. The summed E-state index contributed by atoms with van der Waals surface area (Å²) in [6.45, 7) is -0.0437. The number of hydrogen-bond donors (Lipinski definition) is 2. The van der Waals surface area contributed by atoms with Gasteiger partial charge < -0.3 is 10.4 Å². The van der Waals surface area contributed by atoms with Gasteiger partial charge in [0.1, 0.15) is 11.4 Å². The molecular formula is C13H9ClF3N3O3. The molecule has 0 aliphatic carbocycles. The second-order valence-corrected chi connectivity index (χ2v) is 4.88. The van der Waals surface area contributed by atoms with Crippen LogP contribution in [0.4, 0.5) is 19.0 Å². The number of hydrogen-bond acceptors (Lipinski definition) is 3. The highest BCUT2D eigenvalue weighted by Gasteiger charge is 2.40. The van der Waals surface area contributed by atoms with Gasteiger partial charge in [-0.05, 0) is 17.7 Å². The molecule has 0 radical (unpaired) electrons. The van der Waals surface area contributed by atoms with Gasteiger partial charge in [-0.15, -0.1) is 0 Å². The van der Waals surface area contributed by atoms with E-state index in [2.05, 4.69) is 5.10 Å². The number of carboxylic acid groups (broad SMARTS) is 1. The van der Waals surface area contributed by atoms with Gasteiger partial charge in [-0.2, -0.15) is 18.3 Å². The Bertz CT molecular complexity index is 741. The Kier molecular flexibility index (Phi) is 4.60. The van der Waals surface area contributed by atoms with Crippen molar-refractivity contribution in [3.05, 3.63) is 46.6 Å². The maximum Gasteiger partial charge on any atom is 0.471 e. The molecule has 6 nitrogen and oxygen atoms in total. The van der Waals surface area contributed by atoms with E-state index in [-0.39, 0.29) is 6.54 Å². The van der Waals surface area contributed by atoms with Crippen LogP contribution in [0.5, 0.6) is 0 Å². The second-order valence-electron chi connectivity index (χ2n) is 4.45. The van der Waals surface area contributed by atoms with Crippen molar-refractivity contribution in [3.63, 3.8) is 0 Å². The highest BCUT2D eigenvalue weighted by molar-refractivity contribution is 6.30. The highest BCUT2D eigenvalue weighted by atomic mass is 35.5. The van der Waals surface area contributed by atoms with Crippen LogP contribution in [-0.4, -0.2) is 32.9 Å². The summed E-state index contributed by atoms with van der Waals surface area (Å²) >= 11 is 5.73. The van der Waals surface area contributed by atoms with Gasteiger partial charge in [-0.3, -0.25) is 4.79 Å². The summed E-state index contributed by atoms with van der Waals surface area (Å²) in [6.07, 6.45) is -4.28. The first-order valence-corrected chi connectivity index (χ1v) is 6.48. The van der Waals surface area contributed by atoms with Crippen molar-refractivity contribution in [2.75, 3.05) is 5.32 Å². The van der Waals surface area contributed by atoms with Gasteiger partial charge in [-0.25, -0.2) is 9.48 Å². The molecule has 2 N–H and O–H groups in total. The lowest BCUT2D eigenvalue weighted by Gasteiger charge is -2.11. The largest absolute Gasteiger partial charge is 0.477 e. The van der Waals surface area contributed by atoms with Crippen molar-refractivity contribution in [1.82, 2.24) is 9.78 Å². The summed E-state index contributed by atoms with van der Waals surface area (Å²) < 4.78 is 38.1. The molecule has 2 rings (SSSR count). The zero-order valence-electron chi connectivity index (χ0n) is 11.3. The molecule has 0 unspecified atom stereocenters. The van der Waals surface area contributed by atoms with Gasteiger partial charge >= 0.3 is 18.1 Å². The van der Waals surface area contributed by atoms with Crippen molar-refractivity contribution >= 4 is 29.3 Å². The van der Waals surface area contributed by atoms with Gasteiger partial charge in [0.2, 0.25) is 0 Å². The second kappa shape index (κ2) is 6.29. The third kappa shape index (κ3) is 4.01. The van der Waals surface area contributed by atoms with E-state index in [0.717, 1.165) is 10.9 Å². The van der Waals surface area contributed by atoms with Crippen LogP contribution in [0.2, 0.25) is 5.02 Å². The number of carbonyl (C=O) groups excluding carboxylic acids is 1. The molecule has 0 atom stereocenters. The minimum Gasteiger partial charge on any atom is -0.477 e. The average molecular weight is 348 g/mol. The highest BCUT2D eigenvalue weighted by Crippen LogP contribution is 2.22. The minimum atomic E-state index is -5.15. The van der Waals surface area contributed by atoms with E-state index in [1.807, 2.05) is 0 Å². The molecule has 10 heteroatoms. The van der Waals surface area contributed by atoms with E-state index < -0.39 is 29.4 Å². The van der Waals surface area contributed by atoms with Crippen LogP contribution in [0.3, 0.4) is 0 Å². The molecule has 0 aliphatic rings. The molecule has 1 heterocycles. The molecule has 2 aromatic rings. The van der Waals surface area contributed by atoms with Crippen LogP contribution in [0.15, 0.2) is 30.5 Å². The number of aromatic nitrogens is 2. The molecule has 0 fully saturated rings. The van der Waals surface area contributed by atoms with E-state index in [9.17, 15) is 22.8 Å². The van der Waals surface area contributed by atoms with Crippen LogP contribution in [0.1, 0.15) is 15.9 Å². The lowest BCUT2D eigenvalue weighted by molar-refractivity contribution is -0.167. The Hall–Kier alpha value is -2.55. The molecule has 23 heavy (non-hydrogen) atoms. The number of aromatic carboxylic acids is 1. The van der Waals surface area contributed by atoms with E-state index in [0.29, 0.717) is 10.6 Å². The minimum absolute atomic E-state index is 0.0437. The van der Waals surface area contributed by atoms with E-state index in [1.54, 1.807) is 29.6 Å². The van der Waals surface area contributed by atoms with Crippen molar-refractivity contribution < 1.29 is 27.9 Å². The Labute approximate surface area is 132 Å². The van der Waals surface area contributed by atoms with Crippen molar-refractivity contribution in [1.29, 1.82) is 0 Å². The maximum atomic E-state index is 12.4. The standard InChI is InChI=1S/C13H9ClF3N3O3/c14-8-3-1-7(2-4-8)6-20-10(9(5-18-20)11(21)22)19-12(23)13(15,16)17/h1-5H,6H2,(H,19,23)(H,21,22). The van der Waals surface area contributed by atoms with Crippen LogP contribution in [0.25, 0.3) is 0 Å². The quantitative estimate of drug-likeness (QED) is 0.890. The number of anilines is 1. The lowest BCUT2D eigenvalue weighted by Crippen LogP contribution is -2.31. The zero-order valence-corrected chi connectivity index (χ0v) is 12.0. The molecule has 1 aromatic carbocycles. The number of nitrogens with one attached hydrogen (secondary N) is 1. The van der Waals surface area contributed by atoms with E-state index >= 15 is 0 Å². The normalized spacial score (nSPS) is 11.3. The first kappa shape index (κ1) is 16.8. The van der Waals surface area contributed by atoms with E-state index in [4.69, 9.17) is 16.7 Å².